The number of anilines is 1. The molecule has 1 aromatic rings. The summed E-state index contributed by atoms with van der Waals surface area (Å²) in [6.07, 6.45) is 2.55. The summed E-state index contributed by atoms with van der Waals surface area (Å²) in [4.78, 5) is 13.4. The first-order valence-corrected chi connectivity index (χ1v) is 6.69. The van der Waals surface area contributed by atoms with Crippen LogP contribution in [0.15, 0.2) is 22.7 Å². The standard InChI is InChI=1S/C13H16BrNO2/c1-2-15(8-9-3-4-9)12-6-5-10(14)7-11(12)13(16)17/h5-7,9H,2-4,8H2,1H3,(H,16,17). The molecule has 0 bridgehead atoms. The van der Waals surface area contributed by atoms with Crippen LogP contribution in [0.3, 0.4) is 0 Å². The zero-order chi connectivity index (χ0) is 12.4. The van der Waals surface area contributed by atoms with Gasteiger partial charge in [-0.3, -0.25) is 0 Å². The van der Waals surface area contributed by atoms with Crippen molar-refractivity contribution in [2.45, 2.75) is 19.8 Å². The summed E-state index contributed by atoms with van der Waals surface area (Å²) in [5, 5.41) is 9.24. The van der Waals surface area contributed by atoms with Crippen LogP contribution in [0.2, 0.25) is 0 Å². The fraction of sp³-hybridized carbons (Fsp3) is 0.462. The average molecular weight is 298 g/mol. The maximum Gasteiger partial charge on any atom is 0.337 e. The third kappa shape index (κ3) is 3.00. The van der Waals surface area contributed by atoms with E-state index in [4.69, 9.17) is 0 Å². The van der Waals surface area contributed by atoms with E-state index in [0.717, 1.165) is 29.2 Å². The zero-order valence-corrected chi connectivity index (χ0v) is 11.4. The minimum atomic E-state index is -0.865. The van der Waals surface area contributed by atoms with Crippen LogP contribution in [0.5, 0.6) is 0 Å². The lowest BCUT2D eigenvalue weighted by atomic mass is 10.1. The summed E-state index contributed by atoms with van der Waals surface area (Å²) in [6.45, 7) is 3.88. The number of hydrogen-bond donors (Lipinski definition) is 1. The van der Waals surface area contributed by atoms with Crippen LogP contribution in [0.1, 0.15) is 30.1 Å². The number of nitrogens with zero attached hydrogens (tertiary/aromatic N) is 1. The molecule has 0 amide bonds. The molecule has 0 atom stereocenters. The maximum absolute atomic E-state index is 11.2. The highest BCUT2D eigenvalue weighted by Gasteiger charge is 2.25. The summed E-state index contributed by atoms with van der Waals surface area (Å²) in [7, 11) is 0. The molecule has 1 saturated carbocycles. The first-order chi connectivity index (χ1) is 8.11. The topological polar surface area (TPSA) is 40.5 Å². The normalized spacial score (nSPS) is 14.7. The van der Waals surface area contributed by atoms with E-state index in [-0.39, 0.29) is 0 Å². The summed E-state index contributed by atoms with van der Waals surface area (Å²) in [6, 6.07) is 5.46. The Balaban J connectivity index is 2.30. The lowest BCUT2D eigenvalue weighted by molar-refractivity contribution is 0.0697. The molecule has 0 unspecified atom stereocenters. The minimum Gasteiger partial charge on any atom is -0.478 e. The largest absolute Gasteiger partial charge is 0.478 e. The van der Waals surface area contributed by atoms with Crippen LogP contribution < -0.4 is 4.90 Å². The van der Waals surface area contributed by atoms with Gasteiger partial charge in [-0.1, -0.05) is 15.9 Å². The first kappa shape index (κ1) is 12.4. The molecule has 1 N–H and O–H groups in total. The molecule has 0 aromatic heterocycles. The molecule has 0 spiro atoms. The van der Waals surface area contributed by atoms with E-state index < -0.39 is 5.97 Å². The number of benzene rings is 1. The Morgan fingerprint density at radius 2 is 2.24 bits per heavy atom. The predicted molar refractivity (Wildman–Crippen MR) is 71.7 cm³/mol. The first-order valence-electron chi connectivity index (χ1n) is 5.89. The Morgan fingerprint density at radius 1 is 1.53 bits per heavy atom. The fourth-order valence-corrected chi connectivity index (χ4v) is 2.33. The van der Waals surface area contributed by atoms with Gasteiger partial charge in [-0.05, 0) is 43.9 Å². The lowest BCUT2D eigenvalue weighted by Gasteiger charge is -2.24. The third-order valence-corrected chi connectivity index (χ3v) is 3.58. The van der Waals surface area contributed by atoms with E-state index in [0.29, 0.717) is 5.56 Å². The van der Waals surface area contributed by atoms with Gasteiger partial charge < -0.3 is 10.0 Å². The van der Waals surface area contributed by atoms with Crippen LogP contribution >= 0.6 is 15.9 Å². The Bertz CT molecular complexity index is 429. The number of carboxylic acids is 1. The highest BCUT2D eigenvalue weighted by Crippen LogP contribution is 2.33. The second-order valence-electron chi connectivity index (χ2n) is 4.45. The van der Waals surface area contributed by atoms with E-state index in [2.05, 4.69) is 27.8 Å². The maximum atomic E-state index is 11.2. The molecule has 1 aliphatic carbocycles. The highest BCUT2D eigenvalue weighted by atomic mass is 79.9. The smallest absolute Gasteiger partial charge is 0.337 e. The molecule has 0 aliphatic heterocycles. The van der Waals surface area contributed by atoms with Gasteiger partial charge in [0.25, 0.3) is 0 Å². The van der Waals surface area contributed by atoms with Crippen LogP contribution in [0.4, 0.5) is 5.69 Å². The number of hydrogen-bond acceptors (Lipinski definition) is 2. The van der Waals surface area contributed by atoms with Crippen molar-refractivity contribution >= 4 is 27.6 Å². The monoisotopic (exact) mass is 297 g/mol. The Morgan fingerprint density at radius 3 is 2.76 bits per heavy atom. The van der Waals surface area contributed by atoms with Gasteiger partial charge in [-0.25, -0.2) is 4.79 Å². The summed E-state index contributed by atoms with van der Waals surface area (Å²) in [5.74, 6) is -0.115. The number of carbonyl (C=O) groups is 1. The SMILES string of the molecule is CCN(CC1CC1)c1ccc(Br)cc1C(=O)O. The van der Waals surface area contributed by atoms with Gasteiger partial charge in [0.15, 0.2) is 0 Å². The van der Waals surface area contributed by atoms with Gasteiger partial charge in [0.1, 0.15) is 0 Å². The van der Waals surface area contributed by atoms with Crippen LogP contribution in [-0.4, -0.2) is 24.2 Å². The number of rotatable bonds is 5. The Hall–Kier alpha value is -1.03. The molecule has 17 heavy (non-hydrogen) atoms. The van der Waals surface area contributed by atoms with Crippen molar-refractivity contribution in [2.75, 3.05) is 18.0 Å². The molecule has 3 nitrogen and oxygen atoms in total. The average Bonchev–Trinajstić information content (AvgIpc) is 3.10. The molecule has 0 saturated heterocycles. The van der Waals surface area contributed by atoms with Crippen LogP contribution in [0, 0.1) is 5.92 Å². The predicted octanol–water partition coefficient (Wildman–Crippen LogP) is 3.38. The molecule has 4 heteroatoms. The Kier molecular flexibility index (Phi) is 3.72. The fourth-order valence-electron chi connectivity index (χ4n) is 1.97. The van der Waals surface area contributed by atoms with Crippen molar-refractivity contribution < 1.29 is 9.90 Å². The molecule has 2 rings (SSSR count). The van der Waals surface area contributed by atoms with Gasteiger partial charge in [0.05, 0.1) is 11.3 Å². The van der Waals surface area contributed by atoms with Crippen molar-refractivity contribution in [3.63, 3.8) is 0 Å². The zero-order valence-electron chi connectivity index (χ0n) is 9.82. The number of carboxylic acid groups (broad SMARTS) is 1. The molecule has 1 aromatic carbocycles. The van der Waals surface area contributed by atoms with Gasteiger partial charge in [0.2, 0.25) is 0 Å². The van der Waals surface area contributed by atoms with Crippen molar-refractivity contribution in [3.8, 4) is 0 Å². The van der Waals surface area contributed by atoms with Crippen molar-refractivity contribution in [3.05, 3.63) is 28.2 Å². The molecular formula is C13H16BrNO2. The van der Waals surface area contributed by atoms with Gasteiger partial charge in [-0.2, -0.15) is 0 Å². The highest BCUT2D eigenvalue weighted by molar-refractivity contribution is 9.10. The second kappa shape index (κ2) is 5.08. The summed E-state index contributed by atoms with van der Waals surface area (Å²) in [5.41, 5.74) is 1.21. The van der Waals surface area contributed by atoms with E-state index >= 15 is 0 Å². The van der Waals surface area contributed by atoms with Gasteiger partial charge in [-0.15, -0.1) is 0 Å². The van der Waals surface area contributed by atoms with Crippen LogP contribution in [0.25, 0.3) is 0 Å². The summed E-state index contributed by atoms with van der Waals surface area (Å²) < 4.78 is 0.807. The molecule has 0 heterocycles. The van der Waals surface area contributed by atoms with Gasteiger partial charge >= 0.3 is 5.97 Å². The van der Waals surface area contributed by atoms with Crippen LogP contribution in [-0.2, 0) is 0 Å². The third-order valence-electron chi connectivity index (χ3n) is 3.09. The van der Waals surface area contributed by atoms with Crippen molar-refractivity contribution in [1.29, 1.82) is 0 Å². The molecule has 0 radical (unpaired) electrons. The number of halogens is 1. The molecule has 1 aliphatic rings. The van der Waals surface area contributed by atoms with Crippen molar-refractivity contribution in [2.24, 2.45) is 5.92 Å². The van der Waals surface area contributed by atoms with E-state index in [1.165, 1.54) is 12.8 Å². The number of aromatic carboxylic acids is 1. The molecule has 92 valence electrons. The quantitative estimate of drug-likeness (QED) is 0.906. The Labute approximate surface area is 110 Å². The lowest BCUT2D eigenvalue weighted by Crippen LogP contribution is -2.27. The summed E-state index contributed by atoms with van der Waals surface area (Å²) >= 11 is 3.32. The van der Waals surface area contributed by atoms with E-state index in [9.17, 15) is 9.90 Å². The molecule has 1 fully saturated rings. The van der Waals surface area contributed by atoms with Crippen molar-refractivity contribution in [1.82, 2.24) is 0 Å². The van der Waals surface area contributed by atoms with Gasteiger partial charge in [0, 0.05) is 17.6 Å². The van der Waals surface area contributed by atoms with E-state index in [1.54, 1.807) is 6.07 Å². The second-order valence-corrected chi connectivity index (χ2v) is 5.36. The molecular weight excluding hydrogens is 282 g/mol. The van der Waals surface area contributed by atoms with E-state index in [1.807, 2.05) is 12.1 Å². The minimum absolute atomic E-state index is 0.377.